The average Bonchev–Trinajstić information content (AvgIpc) is 2.03. The summed E-state index contributed by atoms with van der Waals surface area (Å²) in [6, 6.07) is 0. The summed E-state index contributed by atoms with van der Waals surface area (Å²) in [5.74, 6) is 0.589. The fraction of sp³-hybridized carbons (Fsp3) is 0.625. The topological polar surface area (TPSA) is 29.4 Å². The van der Waals surface area contributed by atoms with Gasteiger partial charge in [0.2, 0.25) is 6.08 Å². The SMILES string of the molecule is O=C=NCC1CC=CCC1. The minimum Gasteiger partial charge on any atom is -0.211 e. The van der Waals surface area contributed by atoms with Gasteiger partial charge in [0.1, 0.15) is 0 Å². The van der Waals surface area contributed by atoms with Crippen molar-refractivity contribution in [1.29, 1.82) is 0 Å². The Morgan fingerprint density at radius 1 is 1.60 bits per heavy atom. The van der Waals surface area contributed by atoms with Crippen LogP contribution in [0, 0.1) is 5.92 Å². The van der Waals surface area contributed by atoms with Crippen LogP contribution in [0.1, 0.15) is 19.3 Å². The van der Waals surface area contributed by atoms with Gasteiger partial charge in [-0.15, -0.1) is 0 Å². The maximum atomic E-state index is 9.74. The van der Waals surface area contributed by atoms with Crippen LogP contribution in [0.5, 0.6) is 0 Å². The average molecular weight is 137 g/mol. The molecule has 2 nitrogen and oxygen atoms in total. The lowest BCUT2D eigenvalue weighted by atomic mass is 9.95. The maximum Gasteiger partial charge on any atom is 0.234 e. The number of nitrogens with zero attached hydrogens (tertiary/aromatic N) is 1. The van der Waals surface area contributed by atoms with Gasteiger partial charge in [-0.25, -0.2) is 9.79 Å². The number of hydrogen-bond acceptors (Lipinski definition) is 2. The van der Waals surface area contributed by atoms with Crippen LogP contribution in [0.15, 0.2) is 17.1 Å². The molecule has 10 heavy (non-hydrogen) atoms. The van der Waals surface area contributed by atoms with Crippen LogP contribution in [0.3, 0.4) is 0 Å². The summed E-state index contributed by atoms with van der Waals surface area (Å²) in [5, 5.41) is 0. The van der Waals surface area contributed by atoms with Crippen LogP contribution in [0.2, 0.25) is 0 Å². The normalized spacial score (nSPS) is 23.8. The maximum absolute atomic E-state index is 9.74. The molecule has 1 unspecified atom stereocenters. The van der Waals surface area contributed by atoms with E-state index in [-0.39, 0.29) is 0 Å². The van der Waals surface area contributed by atoms with Crippen molar-refractivity contribution in [2.24, 2.45) is 10.9 Å². The highest BCUT2D eigenvalue weighted by Crippen LogP contribution is 2.17. The first-order chi connectivity index (χ1) is 4.93. The van der Waals surface area contributed by atoms with Crippen LogP contribution in [-0.2, 0) is 4.79 Å². The Hall–Kier alpha value is -0.880. The molecule has 1 rings (SSSR count). The van der Waals surface area contributed by atoms with Gasteiger partial charge in [-0.05, 0) is 25.2 Å². The smallest absolute Gasteiger partial charge is 0.211 e. The number of isocyanates is 1. The Balaban J connectivity index is 2.28. The molecule has 0 heterocycles. The summed E-state index contributed by atoms with van der Waals surface area (Å²) in [7, 11) is 0. The van der Waals surface area contributed by atoms with Gasteiger partial charge in [-0.1, -0.05) is 12.2 Å². The monoisotopic (exact) mass is 137 g/mol. The first-order valence-corrected chi connectivity index (χ1v) is 3.62. The molecular formula is C8H11NO. The predicted molar refractivity (Wildman–Crippen MR) is 39.5 cm³/mol. The van der Waals surface area contributed by atoms with E-state index < -0.39 is 0 Å². The summed E-state index contributed by atoms with van der Waals surface area (Å²) in [6.45, 7) is 0.661. The quantitative estimate of drug-likeness (QED) is 0.323. The van der Waals surface area contributed by atoms with E-state index in [0.717, 1.165) is 12.8 Å². The number of rotatable bonds is 2. The van der Waals surface area contributed by atoms with E-state index in [1.807, 2.05) is 0 Å². The van der Waals surface area contributed by atoms with E-state index in [2.05, 4.69) is 17.1 Å². The van der Waals surface area contributed by atoms with Gasteiger partial charge < -0.3 is 0 Å². The van der Waals surface area contributed by atoms with Crippen LogP contribution in [-0.4, -0.2) is 12.6 Å². The van der Waals surface area contributed by atoms with Gasteiger partial charge in [0, 0.05) is 0 Å². The molecule has 2 heteroatoms. The Morgan fingerprint density at radius 3 is 3.10 bits per heavy atom. The van der Waals surface area contributed by atoms with Crippen LogP contribution in [0.25, 0.3) is 0 Å². The third-order valence-electron chi connectivity index (χ3n) is 1.79. The summed E-state index contributed by atoms with van der Waals surface area (Å²) >= 11 is 0. The summed E-state index contributed by atoms with van der Waals surface area (Å²) in [4.78, 5) is 13.3. The van der Waals surface area contributed by atoms with E-state index in [0.29, 0.717) is 12.5 Å². The molecule has 1 aliphatic rings. The van der Waals surface area contributed by atoms with Crippen molar-refractivity contribution >= 4 is 6.08 Å². The molecular weight excluding hydrogens is 126 g/mol. The number of hydrogen-bond donors (Lipinski definition) is 0. The van der Waals surface area contributed by atoms with Gasteiger partial charge in [-0.2, -0.15) is 0 Å². The lowest BCUT2D eigenvalue weighted by Gasteiger charge is -2.13. The third-order valence-corrected chi connectivity index (χ3v) is 1.79. The van der Waals surface area contributed by atoms with Gasteiger partial charge in [0.15, 0.2) is 0 Å². The molecule has 0 N–H and O–H groups in total. The van der Waals surface area contributed by atoms with Gasteiger partial charge >= 0.3 is 0 Å². The molecule has 1 aliphatic carbocycles. The summed E-state index contributed by atoms with van der Waals surface area (Å²) < 4.78 is 0. The number of carbonyl (C=O) groups excluding carboxylic acids is 1. The largest absolute Gasteiger partial charge is 0.234 e. The van der Waals surface area contributed by atoms with Crippen molar-refractivity contribution in [2.45, 2.75) is 19.3 Å². The Morgan fingerprint density at radius 2 is 2.50 bits per heavy atom. The van der Waals surface area contributed by atoms with E-state index in [4.69, 9.17) is 0 Å². The summed E-state index contributed by atoms with van der Waals surface area (Å²) in [5.41, 5.74) is 0. The second-order valence-corrected chi connectivity index (χ2v) is 2.58. The van der Waals surface area contributed by atoms with Crippen molar-refractivity contribution < 1.29 is 4.79 Å². The summed E-state index contributed by atoms with van der Waals surface area (Å²) in [6.07, 6.45) is 9.29. The molecule has 0 amide bonds. The molecule has 0 fully saturated rings. The Kier molecular flexibility index (Phi) is 2.91. The van der Waals surface area contributed by atoms with Crippen molar-refractivity contribution in [2.75, 3.05) is 6.54 Å². The molecule has 0 aromatic carbocycles. The van der Waals surface area contributed by atoms with Crippen LogP contribution < -0.4 is 0 Å². The first-order valence-electron chi connectivity index (χ1n) is 3.62. The highest BCUT2D eigenvalue weighted by atomic mass is 16.1. The fourth-order valence-electron chi connectivity index (χ4n) is 1.19. The highest BCUT2D eigenvalue weighted by molar-refractivity contribution is 5.32. The molecule has 0 bridgehead atoms. The predicted octanol–water partition coefficient (Wildman–Crippen LogP) is 1.68. The van der Waals surface area contributed by atoms with Crippen molar-refractivity contribution in [3.63, 3.8) is 0 Å². The van der Waals surface area contributed by atoms with Crippen molar-refractivity contribution in [3.8, 4) is 0 Å². The van der Waals surface area contributed by atoms with E-state index in [9.17, 15) is 4.79 Å². The minimum atomic E-state index is 0.589. The molecule has 1 atom stereocenters. The molecule has 0 aromatic rings. The van der Waals surface area contributed by atoms with Crippen LogP contribution >= 0.6 is 0 Å². The molecule has 0 saturated heterocycles. The highest BCUT2D eigenvalue weighted by Gasteiger charge is 2.07. The number of allylic oxidation sites excluding steroid dienone is 2. The first kappa shape index (κ1) is 7.23. The lowest BCUT2D eigenvalue weighted by Crippen LogP contribution is -2.05. The van der Waals surface area contributed by atoms with E-state index in [1.54, 1.807) is 6.08 Å². The number of aliphatic imine (C=N–C) groups is 1. The molecule has 0 radical (unpaired) electrons. The second-order valence-electron chi connectivity index (χ2n) is 2.58. The zero-order chi connectivity index (χ0) is 7.23. The fourth-order valence-corrected chi connectivity index (χ4v) is 1.19. The Bertz CT molecular complexity index is 168. The molecule has 0 aromatic heterocycles. The van der Waals surface area contributed by atoms with Crippen molar-refractivity contribution in [1.82, 2.24) is 0 Å². The molecule has 54 valence electrons. The van der Waals surface area contributed by atoms with E-state index >= 15 is 0 Å². The zero-order valence-electron chi connectivity index (χ0n) is 5.92. The van der Waals surface area contributed by atoms with E-state index in [1.165, 1.54) is 6.42 Å². The van der Waals surface area contributed by atoms with Gasteiger partial charge in [-0.3, -0.25) is 0 Å². The zero-order valence-corrected chi connectivity index (χ0v) is 5.92. The van der Waals surface area contributed by atoms with Crippen molar-refractivity contribution in [3.05, 3.63) is 12.2 Å². The minimum absolute atomic E-state index is 0.589. The Labute approximate surface area is 60.7 Å². The standard InChI is InChI=1S/C8H11NO/c10-7-9-6-8-4-2-1-3-5-8/h1-2,8H,3-6H2. The molecule has 0 spiro atoms. The van der Waals surface area contributed by atoms with Gasteiger partial charge in [0.05, 0.1) is 6.54 Å². The molecule has 0 saturated carbocycles. The third kappa shape index (κ3) is 2.16. The van der Waals surface area contributed by atoms with Gasteiger partial charge in [0.25, 0.3) is 0 Å². The lowest BCUT2D eigenvalue weighted by molar-refractivity contribution is 0.487. The van der Waals surface area contributed by atoms with Crippen LogP contribution in [0.4, 0.5) is 0 Å². The second kappa shape index (κ2) is 4.02. The molecule has 0 aliphatic heterocycles.